The van der Waals surface area contributed by atoms with Crippen molar-refractivity contribution in [3.8, 4) is 11.8 Å². The molecule has 2 N–H and O–H groups in total. The molecule has 25 heavy (non-hydrogen) atoms. The molecule has 5 heteroatoms. The Balaban J connectivity index is 1.57. The summed E-state index contributed by atoms with van der Waals surface area (Å²) in [5.41, 5.74) is 0.721. The lowest BCUT2D eigenvalue weighted by molar-refractivity contribution is -0.112. The Kier molecular flexibility index (Phi) is 5.28. The van der Waals surface area contributed by atoms with Crippen LogP contribution in [0.15, 0.2) is 36.0 Å². The van der Waals surface area contributed by atoms with Crippen LogP contribution in [0.2, 0.25) is 0 Å². The number of carbonyl (C=O) groups excluding carboxylic acids is 1. The van der Waals surface area contributed by atoms with Crippen molar-refractivity contribution < 1.29 is 9.53 Å². The van der Waals surface area contributed by atoms with Crippen LogP contribution in [-0.4, -0.2) is 19.1 Å². The number of ether oxygens (including phenoxy) is 1. The van der Waals surface area contributed by atoms with Gasteiger partial charge in [-0.1, -0.05) is 6.42 Å². The minimum Gasteiger partial charge on any atom is -0.497 e. The number of benzene rings is 1. The van der Waals surface area contributed by atoms with E-state index in [0.717, 1.165) is 17.6 Å². The van der Waals surface area contributed by atoms with Crippen molar-refractivity contribution in [1.82, 2.24) is 5.32 Å². The first-order valence-electron chi connectivity index (χ1n) is 8.92. The lowest BCUT2D eigenvalue weighted by atomic mass is 9.84. The predicted molar refractivity (Wildman–Crippen MR) is 96.9 cm³/mol. The molecule has 1 aromatic carbocycles. The summed E-state index contributed by atoms with van der Waals surface area (Å²) in [6, 6.07) is 9.29. The van der Waals surface area contributed by atoms with Gasteiger partial charge in [0.15, 0.2) is 0 Å². The summed E-state index contributed by atoms with van der Waals surface area (Å²) >= 11 is 0. The van der Waals surface area contributed by atoms with E-state index in [2.05, 4.69) is 17.6 Å². The molecule has 0 aliphatic heterocycles. The van der Waals surface area contributed by atoms with Gasteiger partial charge in [0.25, 0.3) is 5.91 Å². The highest BCUT2D eigenvalue weighted by molar-refractivity contribution is 6.06. The molecule has 2 fully saturated rings. The van der Waals surface area contributed by atoms with Crippen molar-refractivity contribution >= 4 is 11.6 Å². The Morgan fingerprint density at radius 3 is 2.64 bits per heavy atom. The second-order valence-corrected chi connectivity index (χ2v) is 7.15. The summed E-state index contributed by atoms with van der Waals surface area (Å²) in [5.74, 6) is 2.66. The third kappa shape index (κ3) is 3.96. The number of carbonyl (C=O) groups is 1. The molecule has 1 aromatic rings. The van der Waals surface area contributed by atoms with Gasteiger partial charge in [0, 0.05) is 17.9 Å². The van der Waals surface area contributed by atoms with Gasteiger partial charge in [0.2, 0.25) is 0 Å². The number of nitrogens with zero attached hydrogens (tertiary/aromatic N) is 1. The van der Waals surface area contributed by atoms with Crippen LogP contribution in [0.25, 0.3) is 0 Å². The van der Waals surface area contributed by atoms with Gasteiger partial charge in [0.05, 0.1) is 7.11 Å². The van der Waals surface area contributed by atoms with Crippen molar-refractivity contribution in [2.45, 2.75) is 38.6 Å². The van der Waals surface area contributed by atoms with E-state index in [-0.39, 0.29) is 11.6 Å². The Morgan fingerprint density at radius 1 is 1.32 bits per heavy atom. The molecule has 132 valence electrons. The molecular weight excluding hydrogens is 314 g/mol. The molecule has 2 saturated carbocycles. The van der Waals surface area contributed by atoms with Crippen LogP contribution in [-0.2, 0) is 4.79 Å². The van der Waals surface area contributed by atoms with Gasteiger partial charge >= 0.3 is 0 Å². The summed E-state index contributed by atoms with van der Waals surface area (Å²) in [7, 11) is 1.59. The van der Waals surface area contributed by atoms with Gasteiger partial charge in [-0.3, -0.25) is 4.79 Å². The fourth-order valence-corrected chi connectivity index (χ4v) is 4.27. The zero-order valence-electron chi connectivity index (χ0n) is 14.8. The van der Waals surface area contributed by atoms with Gasteiger partial charge in [-0.25, -0.2) is 0 Å². The number of fused-ring (bicyclic) bond motifs is 2. The average molecular weight is 339 g/mol. The highest BCUT2D eigenvalue weighted by Crippen LogP contribution is 2.49. The Hall–Kier alpha value is -2.48. The van der Waals surface area contributed by atoms with E-state index in [9.17, 15) is 10.1 Å². The summed E-state index contributed by atoms with van der Waals surface area (Å²) in [6.07, 6.45) is 6.89. The van der Waals surface area contributed by atoms with Gasteiger partial charge in [0.1, 0.15) is 17.4 Å². The molecular formula is C20H25N3O2. The summed E-state index contributed by atoms with van der Waals surface area (Å²) in [5, 5.41) is 15.3. The molecule has 1 amide bonds. The van der Waals surface area contributed by atoms with Crippen LogP contribution in [0, 0.1) is 29.1 Å². The maximum absolute atomic E-state index is 12.3. The smallest absolute Gasteiger partial charge is 0.267 e. The van der Waals surface area contributed by atoms with E-state index in [0.29, 0.717) is 11.6 Å². The SMILES string of the molecule is COc1ccc(NC(=O)/C(C#N)=C\NC(C)C2CC3CCC2C3)cc1. The van der Waals surface area contributed by atoms with E-state index in [1.165, 1.54) is 25.7 Å². The molecule has 0 aromatic heterocycles. The molecule has 4 unspecified atom stereocenters. The largest absolute Gasteiger partial charge is 0.497 e. The van der Waals surface area contributed by atoms with E-state index in [1.54, 1.807) is 37.6 Å². The highest BCUT2D eigenvalue weighted by Gasteiger charge is 2.41. The number of nitrogens with one attached hydrogen (secondary N) is 2. The summed E-state index contributed by atoms with van der Waals surface area (Å²) in [4.78, 5) is 12.3. The van der Waals surface area contributed by atoms with Gasteiger partial charge in [-0.05, 0) is 68.2 Å². The number of anilines is 1. The van der Waals surface area contributed by atoms with Gasteiger partial charge in [-0.2, -0.15) is 5.26 Å². The molecule has 0 heterocycles. The lowest BCUT2D eigenvalue weighted by Gasteiger charge is -2.28. The first kappa shape index (κ1) is 17.3. The van der Waals surface area contributed by atoms with Crippen LogP contribution in [0.4, 0.5) is 5.69 Å². The van der Waals surface area contributed by atoms with Crippen molar-refractivity contribution in [2.75, 3.05) is 12.4 Å². The monoisotopic (exact) mass is 339 g/mol. The number of amides is 1. The Bertz CT molecular complexity index is 690. The minimum absolute atomic E-state index is 0.0887. The topological polar surface area (TPSA) is 74.1 Å². The van der Waals surface area contributed by atoms with Crippen molar-refractivity contribution in [2.24, 2.45) is 17.8 Å². The van der Waals surface area contributed by atoms with Crippen LogP contribution in [0.3, 0.4) is 0 Å². The third-order valence-corrected chi connectivity index (χ3v) is 5.64. The van der Waals surface area contributed by atoms with E-state index >= 15 is 0 Å². The van der Waals surface area contributed by atoms with Crippen LogP contribution < -0.4 is 15.4 Å². The normalized spacial score (nSPS) is 26.0. The fraction of sp³-hybridized carbons (Fsp3) is 0.500. The first-order valence-corrected chi connectivity index (χ1v) is 8.92. The predicted octanol–water partition coefficient (Wildman–Crippen LogP) is 3.46. The molecule has 3 rings (SSSR count). The molecule has 2 aliphatic carbocycles. The Morgan fingerprint density at radius 2 is 2.08 bits per heavy atom. The number of hydrogen-bond donors (Lipinski definition) is 2. The molecule has 2 bridgehead atoms. The number of nitriles is 1. The molecule has 0 spiro atoms. The quantitative estimate of drug-likeness (QED) is 0.615. The molecule has 0 radical (unpaired) electrons. The number of hydrogen-bond acceptors (Lipinski definition) is 4. The lowest BCUT2D eigenvalue weighted by Crippen LogP contribution is -2.33. The second-order valence-electron chi connectivity index (χ2n) is 7.15. The minimum atomic E-state index is -0.402. The summed E-state index contributed by atoms with van der Waals surface area (Å²) < 4.78 is 5.09. The fourth-order valence-electron chi connectivity index (χ4n) is 4.27. The number of rotatable bonds is 6. The number of methoxy groups -OCH3 is 1. The molecule has 2 aliphatic rings. The van der Waals surface area contributed by atoms with E-state index < -0.39 is 5.91 Å². The third-order valence-electron chi connectivity index (χ3n) is 5.64. The average Bonchev–Trinajstić information content (AvgIpc) is 3.26. The van der Waals surface area contributed by atoms with Gasteiger partial charge < -0.3 is 15.4 Å². The second kappa shape index (κ2) is 7.60. The Labute approximate surface area is 149 Å². The summed E-state index contributed by atoms with van der Waals surface area (Å²) in [6.45, 7) is 2.15. The maximum Gasteiger partial charge on any atom is 0.267 e. The maximum atomic E-state index is 12.3. The van der Waals surface area contributed by atoms with Crippen LogP contribution >= 0.6 is 0 Å². The highest BCUT2D eigenvalue weighted by atomic mass is 16.5. The van der Waals surface area contributed by atoms with Gasteiger partial charge in [-0.15, -0.1) is 0 Å². The zero-order valence-corrected chi connectivity index (χ0v) is 14.8. The zero-order chi connectivity index (χ0) is 17.8. The van der Waals surface area contributed by atoms with Crippen LogP contribution in [0.5, 0.6) is 5.75 Å². The molecule has 4 atom stereocenters. The van der Waals surface area contributed by atoms with E-state index in [4.69, 9.17) is 4.74 Å². The standard InChI is InChI=1S/C20H25N3O2/c1-13(19-10-14-3-4-15(19)9-14)22-12-16(11-21)20(24)23-17-5-7-18(25-2)8-6-17/h5-8,12-15,19,22H,3-4,9-10H2,1-2H3,(H,23,24)/b16-12-. The van der Waals surface area contributed by atoms with E-state index in [1.807, 2.05) is 6.07 Å². The molecule has 5 nitrogen and oxygen atoms in total. The first-order chi connectivity index (χ1) is 12.1. The van der Waals surface area contributed by atoms with Crippen LogP contribution in [0.1, 0.15) is 32.6 Å². The van der Waals surface area contributed by atoms with Crippen molar-refractivity contribution in [3.63, 3.8) is 0 Å². The van der Waals surface area contributed by atoms with Crippen molar-refractivity contribution in [1.29, 1.82) is 5.26 Å². The van der Waals surface area contributed by atoms with Crippen molar-refractivity contribution in [3.05, 3.63) is 36.0 Å². The molecule has 0 saturated heterocycles.